The molecule has 1 saturated carbocycles. The first kappa shape index (κ1) is 25.0. The number of ether oxygens (including phenoxy) is 2. The third kappa shape index (κ3) is 8.53. The molecule has 0 bridgehead atoms. The van der Waals surface area contributed by atoms with Crippen molar-refractivity contribution in [1.82, 2.24) is 15.5 Å². The van der Waals surface area contributed by atoms with Gasteiger partial charge in [0.15, 0.2) is 5.96 Å². The maximum Gasteiger partial charge on any atom is 0.191 e. The molecule has 0 heterocycles. The smallest absolute Gasteiger partial charge is 0.191 e. The van der Waals surface area contributed by atoms with Gasteiger partial charge in [-0.15, -0.1) is 24.0 Å². The number of hydrogen-bond acceptors (Lipinski definition) is 4. The molecule has 6 nitrogen and oxygen atoms in total. The second-order valence-electron chi connectivity index (χ2n) is 7.40. The first-order chi connectivity index (χ1) is 13.0. The first-order valence-electron chi connectivity index (χ1n) is 9.95. The van der Waals surface area contributed by atoms with Crippen LogP contribution in [0.25, 0.3) is 0 Å². The molecule has 28 heavy (non-hydrogen) atoms. The molecule has 2 N–H and O–H groups in total. The summed E-state index contributed by atoms with van der Waals surface area (Å²) in [5, 5.41) is 6.86. The highest BCUT2D eigenvalue weighted by Crippen LogP contribution is 2.34. The highest BCUT2D eigenvalue weighted by molar-refractivity contribution is 14.0. The van der Waals surface area contributed by atoms with Crippen LogP contribution in [-0.2, 0) is 11.3 Å². The number of guanidine groups is 1. The Bertz CT molecular complexity index is 604. The van der Waals surface area contributed by atoms with Gasteiger partial charge in [0.25, 0.3) is 0 Å². The summed E-state index contributed by atoms with van der Waals surface area (Å²) < 4.78 is 11.0. The van der Waals surface area contributed by atoms with Crippen molar-refractivity contribution in [3.63, 3.8) is 0 Å². The topological polar surface area (TPSA) is 58.1 Å². The molecule has 1 atom stereocenters. The lowest BCUT2D eigenvalue weighted by Gasteiger charge is -2.25. The van der Waals surface area contributed by atoms with Gasteiger partial charge in [0, 0.05) is 31.8 Å². The Morgan fingerprint density at radius 3 is 2.61 bits per heavy atom. The summed E-state index contributed by atoms with van der Waals surface area (Å²) in [4.78, 5) is 7.09. The van der Waals surface area contributed by atoms with Crippen molar-refractivity contribution < 1.29 is 9.47 Å². The SMILES string of the molecule is CCNC(=NCc1ccc(C)cc1OCCOC)NCC(C1CC1)N(C)C.I. The van der Waals surface area contributed by atoms with Crippen LogP contribution in [0, 0.1) is 12.8 Å². The van der Waals surface area contributed by atoms with Crippen LogP contribution in [0.5, 0.6) is 5.75 Å². The highest BCUT2D eigenvalue weighted by atomic mass is 127. The lowest BCUT2D eigenvalue weighted by atomic mass is 10.1. The molecule has 7 heteroatoms. The van der Waals surface area contributed by atoms with E-state index >= 15 is 0 Å². The normalized spacial score (nSPS) is 15.1. The van der Waals surface area contributed by atoms with Gasteiger partial charge in [0.05, 0.1) is 13.2 Å². The molecular formula is C21H37IN4O2. The van der Waals surface area contributed by atoms with Crippen molar-refractivity contribution in [2.75, 3.05) is 47.5 Å². The van der Waals surface area contributed by atoms with E-state index in [4.69, 9.17) is 14.5 Å². The van der Waals surface area contributed by atoms with Crippen LogP contribution in [0.1, 0.15) is 30.9 Å². The average Bonchev–Trinajstić information content (AvgIpc) is 3.46. The van der Waals surface area contributed by atoms with Crippen molar-refractivity contribution in [1.29, 1.82) is 0 Å². The molecule has 0 aromatic heterocycles. The van der Waals surface area contributed by atoms with Crippen molar-refractivity contribution >= 4 is 29.9 Å². The van der Waals surface area contributed by atoms with Gasteiger partial charge in [-0.3, -0.25) is 0 Å². The molecule has 160 valence electrons. The van der Waals surface area contributed by atoms with Gasteiger partial charge in [-0.05, 0) is 58.3 Å². The van der Waals surface area contributed by atoms with Crippen LogP contribution in [-0.4, -0.2) is 64.4 Å². The van der Waals surface area contributed by atoms with Crippen molar-refractivity contribution in [3.8, 4) is 5.75 Å². The van der Waals surface area contributed by atoms with Gasteiger partial charge in [0.2, 0.25) is 0 Å². The Morgan fingerprint density at radius 2 is 2.00 bits per heavy atom. The molecule has 1 aliphatic rings. The predicted octanol–water partition coefficient (Wildman–Crippen LogP) is 3.03. The minimum atomic E-state index is 0. The van der Waals surface area contributed by atoms with E-state index in [9.17, 15) is 0 Å². The zero-order valence-corrected chi connectivity index (χ0v) is 20.3. The third-order valence-electron chi connectivity index (χ3n) is 4.83. The summed E-state index contributed by atoms with van der Waals surface area (Å²) in [7, 11) is 6.00. The number of aliphatic imine (C=N–C) groups is 1. The number of likely N-dealkylation sites (N-methyl/N-ethyl adjacent to an activating group) is 1. The quantitative estimate of drug-likeness (QED) is 0.210. The average molecular weight is 504 g/mol. The molecule has 1 fully saturated rings. The second-order valence-corrected chi connectivity index (χ2v) is 7.40. The third-order valence-corrected chi connectivity index (χ3v) is 4.83. The van der Waals surface area contributed by atoms with Gasteiger partial charge < -0.3 is 25.0 Å². The Labute approximate surface area is 187 Å². The summed E-state index contributed by atoms with van der Waals surface area (Å²) in [6.07, 6.45) is 2.67. The van der Waals surface area contributed by atoms with Crippen LogP contribution in [0.3, 0.4) is 0 Å². The molecule has 1 unspecified atom stereocenters. The van der Waals surface area contributed by atoms with Crippen LogP contribution in [0.2, 0.25) is 0 Å². The van der Waals surface area contributed by atoms with E-state index in [0.29, 0.717) is 25.8 Å². The minimum Gasteiger partial charge on any atom is -0.491 e. The maximum absolute atomic E-state index is 5.88. The van der Waals surface area contributed by atoms with Crippen LogP contribution in [0.15, 0.2) is 23.2 Å². The summed E-state index contributed by atoms with van der Waals surface area (Å²) in [6.45, 7) is 7.61. The van der Waals surface area contributed by atoms with Gasteiger partial charge in [-0.25, -0.2) is 4.99 Å². The molecule has 2 rings (SSSR count). The molecule has 0 spiro atoms. The fourth-order valence-corrected chi connectivity index (χ4v) is 3.12. The number of methoxy groups -OCH3 is 1. The molecule has 0 aliphatic heterocycles. The largest absolute Gasteiger partial charge is 0.491 e. The van der Waals surface area contributed by atoms with E-state index in [1.165, 1.54) is 18.4 Å². The van der Waals surface area contributed by atoms with E-state index in [1.54, 1.807) is 7.11 Å². The van der Waals surface area contributed by atoms with Crippen molar-refractivity contribution in [3.05, 3.63) is 29.3 Å². The fraction of sp³-hybridized carbons (Fsp3) is 0.667. The summed E-state index contributed by atoms with van der Waals surface area (Å²) in [5.74, 6) is 2.55. The minimum absolute atomic E-state index is 0. The Morgan fingerprint density at radius 1 is 1.25 bits per heavy atom. The zero-order chi connectivity index (χ0) is 19.6. The van der Waals surface area contributed by atoms with Gasteiger partial charge in [0.1, 0.15) is 12.4 Å². The van der Waals surface area contributed by atoms with Gasteiger partial charge in [-0.2, -0.15) is 0 Å². The monoisotopic (exact) mass is 504 g/mol. The maximum atomic E-state index is 5.88. The second kappa shape index (κ2) is 13.2. The standard InChI is InChI=1S/C21H36N4O2.HI/c1-6-22-21(24-15-19(25(3)4)17-9-10-17)23-14-18-8-7-16(2)13-20(18)27-12-11-26-5;/h7-8,13,17,19H,6,9-12,14-15H2,1-5H3,(H2,22,23,24);1H. The number of hydrogen-bond donors (Lipinski definition) is 2. The Hall–Kier alpha value is -1.06. The molecular weight excluding hydrogens is 467 g/mol. The van der Waals surface area contributed by atoms with Crippen LogP contribution in [0.4, 0.5) is 0 Å². The van der Waals surface area contributed by atoms with Gasteiger partial charge >= 0.3 is 0 Å². The van der Waals surface area contributed by atoms with Gasteiger partial charge in [-0.1, -0.05) is 12.1 Å². The van der Waals surface area contributed by atoms with E-state index in [2.05, 4.69) is 61.7 Å². The summed E-state index contributed by atoms with van der Waals surface area (Å²) in [5.41, 5.74) is 2.26. The molecule has 1 aromatic rings. The number of rotatable bonds is 11. The number of halogens is 1. The number of aryl methyl sites for hydroxylation is 1. The summed E-state index contributed by atoms with van der Waals surface area (Å²) >= 11 is 0. The number of nitrogens with one attached hydrogen (secondary N) is 2. The van der Waals surface area contributed by atoms with E-state index in [1.807, 2.05) is 0 Å². The Balaban J connectivity index is 0.00000392. The number of nitrogens with zero attached hydrogens (tertiary/aromatic N) is 2. The van der Waals surface area contributed by atoms with Crippen LogP contribution < -0.4 is 15.4 Å². The predicted molar refractivity (Wildman–Crippen MR) is 127 cm³/mol. The molecule has 1 aliphatic carbocycles. The van der Waals surface area contributed by atoms with Crippen molar-refractivity contribution in [2.24, 2.45) is 10.9 Å². The number of benzene rings is 1. The first-order valence-corrected chi connectivity index (χ1v) is 9.95. The lowest BCUT2D eigenvalue weighted by molar-refractivity contribution is 0.145. The Kier molecular flexibility index (Phi) is 11.8. The summed E-state index contributed by atoms with van der Waals surface area (Å²) in [6, 6.07) is 6.82. The molecule has 0 radical (unpaired) electrons. The van der Waals surface area contributed by atoms with E-state index < -0.39 is 0 Å². The molecule has 1 aromatic carbocycles. The van der Waals surface area contributed by atoms with Crippen LogP contribution >= 0.6 is 24.0 Å². The molecule has 0 amide bonds. The van der Waals surface area contributed by atoms with E-state index in [0.717, 1.165) is 36.3 Å². The zero-order valence-electron chi connectivity index (χ0n) is 18.0. The van der Waals surface area contributed by atoms with E-state index in [-0.39, 0.29) is 24.0 Å². The fourth-order valence-electron chi connectivity index (χ4n) is 3.12. The molecule has 0 saturated heterocycles. The highest BCUT2D eigenvalue weighted by Gasteiger charge is 2.32. The lowest BCUT2D eigenvalue weighted by Crippen LogP contribution is -2.46. The van der Waals surface area contributed by atoms with Crippen molar-refractivity contribution in [2.45, 2.75) is 39.3 Å².